The summed E-state index contributed by atoms with van der Waals surface area (Å²) >= 11 is 0. The monoisotopic (exact) mass is 1470 g/mol. The van der Waals surface area contributed by atoms with Crippen LogP contribution in [0.2, 0.25) is 0 Å². The lowest BCUT2D eigenvalue weighted by Crippen LogP contribution is -2.40. The molecular weight excluding hydrogens is 1310 g/mol. The molecule has 3 atom stereocenters. The maximum Gasteiger partial charge on any atom is 0.306 e. The predicted octanol–water partition coefficient (Wildman–Crippen LogP) is 19.2. The summed E-state index contributed by atoms with van der Waals surface area (Å²) in [5.41, 5.74) is 8.10. The van der Waals surface area contributed by atoms with E-state index in [1.807, 2.05) is 32.0 Å². The second-order valence-electron chi connectivity index (χ2n) is 31.6. The lowest BCUT2D eigenvalue weighted by atomic mass is 10.1. The molecule has 18 heteroatoms. The molecule has 3 N–H and O–H groups in total. The fourth-order valence-electron chi connectivity index (χ4n) is 14.2. The highest BCUT2D eigenvalue weighted by Crippen LogP contribution is 2.31. The molecule has 0 amide bonds. The van der Waals surface area contributed by atoms with Crippen molar-refractivity contribution < 1.29 is 38.1 Å². The van der Waals surface area contributed by atoms with Crippen molar-refractivity contribution in [1.82, 2.24) is 44.4 Å². The number of nitrogen functional groups attached to an aromatic ring is 1. The van der Waals surface area contributed by atoms with Crippen LogP contribution in [0.15, 0.2) is 24.3 Å². The van der Waals surface area contributed by atoms with Crippen molar-refractivity contribution in [3.63, 3.8) is 0 Å². The van der Waals surface area contributed by atoms with E-state index in [2.05, 4.69) is 115 Å². The second-order valence-corrected chi connectivity index (χ2v) is 31.6. The first-order valence-corrected chi connectivity index (χ1v) is 43.4. The number of hydrogen-bond donors (Lipinski definition) is 2. The van der Waals surface area contributed by atoms with Gasteiger partial charge in [0.2, 0.25) is 0 Å². The molecule has 0 bridgehead atoms. The number of anilines is 1. The number of hydrogen-bond acceptors (Lipinski definition) is 17. The highest BCUT2D eigenvalue weighted by molar-refractivity contribution is 6.06. The number of pyridine rings is 1. The Bertz CT molecular complexity index is 2670. The zero-order chi connectivity index (χ0) is 76.6. The van der Waals surface area contributed by atoms with Crippen LogP contribution in [0.5, 0.6) is 0 Å². The van der Waals surface area contributed by atoms with Gasteiger partial charge in [-0.3, -0.25) is 19.2 Å². The highest BCUT2D eigenvalue weighted by Gasteiger charge is 2.28. The van der Waals surface area contributed by atoms with Crippen LogP contribution in [0.3, 0.4) is 0 Å². The molecule has 0 saturated carbocycles. The Morgan fingerprint density at radius 3 is 1.18 bits per heavy atom. The van der Waals surface area contributed by atoms with Gasteiger partial charge in [-0.2, -0.15) is 0 Å². The number of nitrogens with two attached hydrogens (primary N) is 1. The number of ether oxygens (including phenoxy) is 4. The van der Waals surface area contributed by atoms with Crippen LogP contribution >= 0.6 is 0 Å². The summed E-state index contributed by atoms with van der Waals surface area (Å²) in [6.07, 6.45) is 44.2. The molecule has 0 radical (unpaired) electrons. The maximum absolute atomic E-state index is 13.6. The molecule has 0 saturated heterocycles. The number of para-hydroxylation sites is 1. The molecule has 0 aliphatic heterocycles. The number of nitrogens with one attached hydrogen (secondary N) is 1. The highest BCUT2D eigenvalue weighted by atomic mass is 16.6. The third-order valence-corrected chi connectivity index (χ3v) is 21.3. The Kier molecular flexibility index (Phi) is 54.5. The quantitative estimate of drug-likeness (QED) is 0.0308. The van der Waals surface area contributed by atoms with Crippen molar-refractivity contribution in [2.75, 3.05) is 112 Å². The van der Waals surface area contributed by atoms with Crippen LogP contribution in [-0.4, -0.2) is 193 Å². The van der Waals surface area contributed by atoms with Crippen LogP contribution in [0, 0.1) is 0 Å². The Morgan fingerprint density at radius 2 is 0.781 bits per heavy atom. The largest absolute Gasteiger partial charge is 0.462 e. The standard InChI is InChI=1S/C87H160N10O8/c1-13-20-23-39-52-75(17-5)103-81(99)57-42-32-26-29-35-48-61-95(60-47-34-28-25-31-41-56-80(98)102-74(16-4)51-38-22-15-3)70-68-93(11)66-64-92(10)65-67-94(12)69-71-96(62-49-36-30-27-33-43-58-82(100)104-76(18-6)53-40-24-21-14-2)63-50-37-44-59-83(101)105-87(8,9)73-97-79(72-89-19-7)91-84-85(97)77-54-45-46-55-78(77)90-86(84)88/h45-46,54-55,74-76,89H,13-44,47-53,56-73H2,1-12H3,(H2,88,90). The molecular formula is C87H160N10O8. The van der Waals surface area contributed by atoms with E-state index < -0.39 is 5.60 Å². The number of aromatic nitrogens is 3. The van der Waals surface area contributed by atoms with Gasteiger partial charge in [0.05, 0.1) is 24.1 Å². The van der Waals surface area contributed by atoms with Gasteiger partial charge in [0.15, 0.2) is 5.82 Å². The summed E-state index contributed by atoms with van der Waals surface area (Å²) in [6.45, 7) is 33.5. The van der Waals surface area contributed by atoms with E-state index in [0.717, 1.165) is 236 Å². The number of rotatable bonds is 71. The molecule has 0 fully saturated rings. The summed E-state index contributed by atoms with van der Waals surface area (Å²) in [7, 11) is 6.83. The fourth-order valence-corrected chi connectivity index (χ4v) is 14.2. The van der Waals surface area contributed by atoms with Crippen LogP contribution < -0.4 is 11.1 Å². The Labute approximate surface area is 642 Å². The number of nitrogens with zero attached hydrogens (tertiary/aromatic N) is 8. The number of carbonyl (C=O) groups excluding carboxylic acids is 4. The normalized spacial score (nSPS) is 13.0. The average molecular weight is 1470 g/mol. The minimum Gasteiger partial charge on any atom is -0.462 e. The van der Waals surface area contributed by atoms with Gasteiger partial charge in [-0.15, -0.1) is 0 Å². The fraction of sp³-hybridized carbons (Fsp3) is 0.839. The molecule has 606 valence electrons. The Morgan fingerprint density at radius 1 is 0.438 bits per heavy atom. The van der Waals surface area contributed by atoms with E-state index >= 15 is 0 Å². The first-order valence-electron chi connectivity index (χ1n) is 43.4. The number of likely N-dealkylation sites (N-methyl/N-ethyl adjacent to an activating group) is 3. The minimum atomic E-state index is -0.787. The number of carbonyl (C=O) groups is 4. The molecule has 0 aliphatic carbocycles. The molecule has 3 aromatic rings. The minimum absolute atomic E-state index is 0.0108. The van der Waals surface area contributed by atoms with E-state index in [1.165, 1.54) is 116 Å². The lowest BCUT2D eigenvalue weighted by Gasteiger charge is -2.28. The van der Waals surface area contributed by atoms with Crippen molar-refractivity contribution in [2.45, 2.75) is 369 Å². The van der Waals surface area contributed by atoms with Gasteiger partial charge >= 0.3 is 23.9 Å². The van der Waals surface area contributed by atoms with Gasteiger partial charge in [-0.05, 0) is 183 Å². The van der Waals surface area contributed by atoms with E-state index in [4.69, 9.17) is 29.7 Å². The number of esters is 4. The van der Waals surface area contributed by atoms with Crippen LogP contribution in [0.1, 0.15) is 338 Å². The second kappa shape index (κ2) is 60.4. The molecule has 2 aromatic heterocycles. The topological polar surface area (TPSA) is 190 Å². The van der Waals surface area contributed by atoms with Gasteiger partial charge < -0.3 is 59.1 Å². The molecule has 0 spiro atoms. The summed E-state index contributed by atoms with van der Waals surface area (Å²) in [5, 5.41) is 4.40. The van der Waals surface area contributed by atoms with Crippen molar-refractivity contribution in [3.05, 3.63) is 30.1 Å². The predicted molar refractivity (Wildman–Crippen MR) is 440 cm³/mol. The van der Waals surface area contributed by atoms with Crippen LogP contribution in [-0.2, 0) is 51.2 Å². The van der Waals surface area contributed by atoms with Crippen LogP contribution in [0.25, 0.3) is 21.9 Å². The number of benzene rings is 1. The molecule has 18 nitrogen and oxygen atoms in total. The number of unbranched alkanes of at least 4 members (excludes halogenated alkanes) is 25. The van der Waals surface area contributed by atoms with E-state index in [9.17, 15) is 19.2 Å². The first kappa shape index (κ1) is 94.7. The number of fused-ring (bicyclic) bond motifs is 3. The average Bonchev–Trinajstić information content (AvgIpc) is 1.63. The van der Waals surface area contributed by atoms with Gasteiger partial charge in [-0.1, -0.05) is 202 Å². The zero-order valence-corrected chi connectivity index (χ0v) is 69.8. The summed E-state index contributed by atoms with van der Waals surface area (Å²) in [4.78, 5) is 74.0. The van der Waals surface area contributed by atoms with Gasteiger partial charge in [0, 0.05) is 83.4 Å². The van der Waals surface area contributed by atoms with Gasteiger partial charge in [-0.25, -0.2) is 9.97 Å². The molecule has 0 aliphatic rings. The summed E-state index contributed by atoms with van der Waals surface area (Å²) in [5.74, 6) is 1.01. The zero-order valence-electron chi connectivity index (χ0n) is 69.8. The third-order valence-electron chi connectivity index (χ3n) is 21.3. The summed E-state index contributed by atoms with van der Waals surface area (Å²) < 4.78 is 26.0. The van der Waals surface area contributed by atoms with Crippen molar-refractivity contribution in [3.8, 4) is 0 Å². The Hall–Kier alpha value is -4.46. The van der Waals surface area contributed by atoms with Gasteiger partial charge in [0.1, 0.15) is 35.3 Å². The smallest absolute Gasteiger partial charge is 0.306 e. The van der Waals surface area contributed by atoms with Gasteiger partial charge in [0.25, 0.3) is 0 Å². The molecule has 2 heterocycles. The van der Waals surface area contributed by atoms with Crippen molar-refractivity contribution in [1.29, 1.82) is 0 Å². The molecule has 3 rings (SSSR count). The number of imidazole rings is 1. The molecule has 105 heavy (non-hydrogen) atoms. The maximum atomic E-state index is 13.6. The van der Waals surface area contributed by atoms with Crippen molar-refractivity contribution >= 4 is 51.6 Å². The Balaban J connectivity index is 1.49. The third kappa shape index (κ3) is 45.3. The van der Waals surface area contributed by atoms with Crippen molar-refractivity contribution in [2.24, 2.45) is 0 Å². The van der Waals surface area contributed by atoms with Crippen LogP contribution in [0.4, 0.5) is 5.82 Å². The van der Waals surface area contributed by atoms with E-state index in [1.54, 1.807) is 0 Å². The van der Waals surface area contributed by atoms with E-state index in [-0.39, 0.29) is 42.2 Å². The first-order chi connectivity index (χ1) is 50.9. The lowest BCUT2D eigenvalue weighted by molar-refractivity contribution is -0.158. The summed E-state index contributed by atoms with van der Waals surface area (Å²) in [6, 6.07) is 8.00. The SMILES string of the molecule is CCCCCCC(CC)OC(=O)CCCCCCCCN(CCCCCCCCC(=O)OC(CC)CCCCC)CCN(C)CCN(C)CCN(C)CCN(CCCCCCCCC(=O)OC(CC)CCCCCC)CCCCCC(=O)OC(C)(C)Cn1c(CNCC)nc2c(N)nc3ccccc3c21. The van der Waals surface area contributed by atoms with E-state index in [0.29, 0.717) is 50.1 Å². The molecule has 1 aromatic carbocycles. The molecule has 3 unspecified atom stereocenters.